The molecule has 7 heteroatoms. The molecule has 1 unspecified atom stereocenters. The van der Waals surface area contributed by atoms with Crippen molar-refractivity contribution in [1.29, 1.82) is 0 Å². The summed E-state index contributed by atoms with van der Waals surface area (Å²) >= 11 is 13.7. The third-order valence-electron chi connectivity index (χ3n) is 3.70. The average Bonchev–Trinajstić information content (AvgIpc) is 3.02. The summed E-state index contributed by atoms with van der Waals surface area (Å²) in [7, 11) is 0. The van der Waals surface area contributed by atoms with Crippen molar-refractivity contribution in [3.63, 3.8) is 0 Å². The molecule has 21 heavy (non-hydrogen) atoms. The van der Waals surface area contributed by atoms with Crippen LogP contribution in [0.3, 0.4) is 0 Å². The Balaban J connectivity index is 0.00000161. The Morgan fingerprint density at radius 2 is 2.19 bits per heavy atom. The molecule has 0 saturated carbocycles. The van der Waals surface area contributed by atoms with Gasteiger partial charge in [-0.05, 0) is 25.0 Å². The average molecular weight is 366 g/mol. The van der Waals surface area contributed by atoms with Crippen LogP contribution >= 0.6 is 46.9 Å². The van der Waals surface area contributed by atoms with E-state index in [1.54, 1.807) is 6.07 Å². The maximum atomic E-state index is 12.7. The molecule has 3 rings (SSSR count). The molecule has 0 bridgehead atoms. The van der Waals surface area contributed by atoms with Gasteiger partial charge in [-0.3, -0.25) is 4.79 Å². The maximum Gasteiger partial charge on any atom is 0.265 e. The van der Waals surface area contributed by atoms with E-state index in [4.69, 9.17) is 28.9 Å². The van der Waals surface area contributed by atoms with Crippen LogP contribution in [0.15, 0.2) is 18.2 Å². The number of hydrogen-bond donors (Lipinski definition) is 1. The number of amides is 1. The van der Waals surface area contributed by atoms with Crippen molar-refractivity contribution in [2.24, 2.45) is 5.73 Å². The minimum absolute atomic E-state index is 0. The molecule has 0 radical (unpaired) electrons. The van der Waals surface area contributed by atoms with Gasteiger partial charge in [0, 0.05) is 34.2 Å². The van der Waals surface area contributed by atoms with Gasteiger partial charge in [-0.2, -0.15) is 0 Å². The van der Waals surface area contributed by atoms with E-state index in [2.05, 4.69) is 0 Å². The first kappa shape index (κ1) is 16.8. The fourth-order valence-corrected chi connectivity index (χ4v) is 4.40. The van der Waals surface area contributed by atoms with Crippen LogP contribution in [0.25, 0.3) is 10.1 Å². The number of rotatable bonds is 2. The van der Waals surface area contributed by atoms with Crippen molar-refractivity contribution in [3.8, 4) is 0 Å². The molecule has 1 atom stereocenters. The molecular weight excluding hydrogens is 351 g/mol. The second-order valence-electron chi connectivity index (χ2n) is 4.92. The van der Waals surface area contributed by atoms with Gasteiger partial charge >= 0.3 is 0 Å². The highest BCUT2D eigenvalue weighted by atomic mass is 35.5. The molecule has 0 spiro atoms. The van der Waals surface area contributed by atoms with Gasteiger partial charge in [0.2, 0.25) is 0 Å². The Hall–Kier alpha value is -0.520. The maximum absolute atomic E-state index is 12.7. The number of hydrogen-bond acceptors (Lipinski definition) is 3. The normalized spacial score (nSPS) is 18.0. The van der Waals surface area contributed by atoms with Crippen LogP contribution in [0.4, 0.5) is 0 Å². The summed E-state index contributed by atoms with van der Waals surface area (Å²) in [4.78, 5) is 15.1. The lowest BCUT2D eigenvalue weighted by Gasteiger charge is -2.22. The minimum atomic E-state index is -0.0136. The van der Waals surface area contributed by atoms with E-state index in [9.17, 15) is 4.79 Å². The molecule has 1 aromatic carbocycles. The van der Waals surface area contributed by atoms with Crippen molar-refractivity contribution in [3.05, 3.63) is 33.1 Å². The lowest BCUT2D eigenvalue weighted by molar-refractivity contribution is 0.0746. The summed E-state index contributed by atoms with van der Waals surface area (Å²) in [6.45, 7) is 1.26. The van der Waals surface area contributed by atoms with Crippen molar-refractivity contribution in [2.75, 3.05) is 13.1 Å². The SMILES string of the molecule is Cl.NCC1CCCN1C(=O)c1sc2cc(Cl)ccc2c1Cl. The van der Waals surface area contributed by atoms with Crippen LogP contribution in [-0.4, -0.2) is 29.9 Å². The van der Waals surface area contributed by atoms with Crippen LogP contribution in [0.5, 0.6) is 0 Å². The quantitative estimate of drug-likeness (QED) is 0.867. The van der Waals surface area contributed by atoms with Gasteiger partial charge in [0.1, 0.15) is 4.88 Å². The number of nitrogens with zero attached hydrogens (tertiary/aromatic N) is 1. The van der Waals surface area contributed by atoms with E-state index in [-0.39, 0.29) is 24.4 Å². The second-order valence-corrected chi connectivity index (χ2v) is 6.78. The summed E-state index contributed by atoms with van der Waals surface area (Å²) in [5, 5.41) is 2.05. The van der Waals surface area contributed by atoms with Gasteiger partial charge in [-0.15, -0.1) is 23.7 Å². The molecule has 2 aromatic rings. The largest absolute Gasteiger partial charge is 0.334 e. The molecule has 1 aliphatic rings. The highest BCUT2D eigenvalue weighted by Crippen LogP contribution is 2.38. The Bertz CT molecular complexity index is 674. The fourth-order valence-electron chi connectivity index (χ4n) is 2.66. The molecule has 3 nitrogen and oxygen atoms in total. The smallest absolute Gasteiger partial charge is 0.265 e. The topological polar surface area (TPSA) is 46.3 Å². The molecule has 1 fully saturated rings. The van der Waals surface area contributed by atoms with E-state index in [1.165, 1.54) is 11.3 Å². The number of carbonyl (C=O) groups is 1. The van der Waals surface area contributed by atoms with E-state index in [0.717, 1.165) is 29.5 Å². The van der Waals surface area contributed by atoms with Gasteiger partial charge in [-0.1, -0.05) is 29.3 Å². The Labute approximate surface area is 143 Å². The first-order valence-corrected chi connectivity index (χ1v) is 8.07. The third kappa shape index (κ3) is 3.01. The third-order valence-corrected chi connectivity index (χ3v) is 5.58. The molecule has 1 aromatic heterocycles. The van der Waals surface area contributed by atoms with Crippen LogP contribution in [0.1, 0.15) is 22.5 Å². The Kier molecular flexibility index (Phi) is 5.38. The molecule has 1 aliphatic heterocycles. The highest BCUT2D eigenvalue weighted by Gasteiger charge is 2.30. The molecular formula is C14H15Cl3N2OS. The Morgan fingerprint density at radius 1 is 1.43 bits per heavy atom. The Morgan fingerprint density at radius 3 is 2.90 bits per heavy atom. The zero-order valence-corrected chi connectivity index (χ0v) is 14.3. The lowest BCUT2D eigenvalue weighted by atomic mass is 10.2. The van der Waals surface area contributed by atoms with Crippen LogP contribution in [-0.2, 0) is 0 Å². The standard InChI is InChI=1S/C14H14Cl2N2OS.ClH/c15-8-3-4-10-11(6-8)20-13(12(10)16)14(19)18-5-1-2-9(18)7-17;/h3-4,6,9H,1-2,5,7,17H2;1H. The molecule has 114 valence electrons. The predicted molar refractivity (Wildman–Crippen MR) is 92.2 cm³/mol. The van der Waals surface area contributed by atoms with Gasteiger partial charge in [-0.25, -0.2) is 0 Å². The monoisotopic (exact) mass is 364 g/mol. The number of fused-ring (bicyclic) bond motifs is 1. The van der Waals surface area contributed by atoms with Crippen molar-refractivity contribution in [1.82, 2.24) is 4.90 Å². The van der Waals surface area contributed by atoms with Gasteiger partial charge in [0.05, 0.1) is 5.02 Å². The number of thiophene rings is 1. The second kappa shape index (κ2) is 6.71. The molecule has 1 saturated heterocycles. The predicted octanol–water partition coefficient (Wildman–Crippen LogP) is 4.19. The van der Waals surface area contributed by atoms with E-state index < -0.39 is 0 Å². The molecule has 2 heterocycles. The number of likely N-dealkylation sites (tertiary alicyclic amines) is 1. The lowest BCUT2D eigenvalue weighted by Crippen LogP contribution is -2.39. The molecule has 0 aliphatic carbocycles. The van der Waals surface area contributed by atoms with E-state index in [1.807, 2.05) is 17.0 Å². The summed E-state index contributed by atoms with van der Waals surface area (Å²) in [5.74, 6) is -0.0136. The summed E-state index contributed by atoms with van der Waals surface area (Å²) < 4.78 is 0.939. The van der Waals surface area contributed by atoms with Gasteiger partial charge in [0.15, 0.2) is 0 Å². The summed E-state index contributed by atoms with van der Waals surface area (Å²) in [5.41, 5.74) is 5.73. The zero-order chi connectivity index (χ0) is 14.3. The van der Waals surface area contributed by atoms with Crippen molar-refractivity contribution in [2.45, 2.75) is 18.9 Å². The van der Waals surface area contributed by atoms with Crippen molar-refractivity contribution >= 4 is 62.9 Å². The highest BCUT2D eigenvalue weighted by molar-refractivity contribution is 7.21. The van der Waals surface area contributed by atoms with E-state index >= 15 is 0 Å². The first-order valence-electron chi connectivity index (χ1n) is 6.50. The van der Waals surface area contributed by atoms with E-state index in [0.29, 0.717) is 21.5 Å². The molecule has 2 N–H and O–H groups in total. The number of halogens is 3. The number of nitrogens with two attached hydrogens (primary N) is 1. The molecule has 1 amide bonds. The van der Waals surface area contributed by atoms with Crippen molar-refractivity contribution < 1.29 is 4.79 Å². The zero-order valence-electron chi connectivity index (χ0n) is 11.1. The summed E-state index contributed by atoms with van der Waals surface area (Å²) in [6.07, 6.45) is 1.97. The number of carbonyl (C=O) groups excluding carboxylic acids is 1. The number of benzene rings is 1. The van der Waals surface area contributed by atoms with Crippen LogP contribution < -0.4 is 5.73 Å². The summed E-state index contributed by atoms with van der Waals surface area (Å²) in [6, 6.07) is 5.62. The van der Waals surface area contributed by atoms with Gasteiger partial charge < -0.3 is 10.6 Å². The van der Waals surface area contributed by atoms with Gasteiger partial charge in [0.25, 0.3) is 5.91 Å². The van der Waals surface area contributed by atoms with Crippen LogP contribution in [0, 0.1) is 0 Å². The first-order chi connectivity index (χ1) is 9.61. The minimum Gasteiger partial charge on any atom is -0.334 e. The fraction of sp³-hybridized carbons (Fsp3) is 0.357. The van der Waals surface area contributed by atoms with Crippen LogP contribution in [0.2, 0.25) is 10.0 Å².